The van der Waals surface area contributed by atoms with Crippen LogP contribution in [0.15, 0.2) is 54.6 Å². The zero-order chi connectivity index (χ0) is 14.8. The molecule has 0 amide bonds. The van der Waals surface area contributed by atoms with E-state index in [-0.39, 0.29) is 17.5 Å². The lowest BCUT2D eigenvalue weighted by molar-refractivity contribution is 0.428. The van der Waals surface area contributed by atoms with Gasteiger partial charge in [-0.25, -0.2) is 9.37 Å². The van der Waals surface area contributed by atoms with Crippen LogP contribution in [-0.2, 0) is 0 Å². The third-order valence-electron chi connectivity index (χ3n) is 3.02. The van der Waals surface area contributed by atoms with Crippen LogP contribution in [0, 0.1) is 11.2 Å². The van der Waals surface area contributed by atoms with Gasteiger partial charge < -0.3 is 10.5 Å². The quantitative estimate of drug-likeness (QED) is 0.570. The van der Waals surface area contributed by atoms with Crippen LogP contribution in [0.4, 0.5) is 4.39 Å². The van der Waals surface area contributed by atoms with Crippen molar-refractivity contribution < 1.29 is 9.13 Å². The molecule has 1 aromatic heterocycles. The molecule has 4 nitrogen and oxygen atoms in total. The van der Waals surface area contributed by atoms with Crippen molar-refractivity contribution in [1.82, 2.24) is 4.98 Å². The summed E-state index contributed by atoms with van der Waals surface area (Å²) in [5.41, 5.74) is 6.59. The monoisotopic (exact) mass is 281 g/mol. The van der Waals surface area contributed by atoms with E-state index < -0.39 is 5.82 Å². The minimum Gasteiger partial charge on any atom is -0.435 e. The topological polar surface area (TPSA) is 72.0 Å². The smallest absolute Gasteiger partial charge is 0.230 e. The van der Waals surface area contributed by atoms with Crippen LogP contribution in [0.3, 0.4) is 0 Å². The van der Waals surface area contributed by atoms with E-state index >= 15 is 0 Å². The number of amidine groups is 1. The Morgan fingerprint density at radius 3 is 2.57 bits per heavy atom. The molecule has 0 saturated carbocycles. The first-order chi connectivity index (χ1) is 10.1. The summed E-state index contributed by atoms with van der Waals surface area (Å²) in [6, 6.07) is 15.1. The molecule has 0 atom stereocenters. The van der Waals surface area contributed by atoms with Gasteiger partial charge in [-0.15, -0.1) is 0 Å². The van der Waals surface area contributed by atoms with E-state index in [1.807, 2.05) is 24.3 Å². The largest absolute Gasteiger partial charge is 0.435 e. The summed E-state index contributed by atoms with van der Waals surface area (Å²) in [5, 5.41) is 8.47. The van der Waals surface area contributed by atoms with Crippen molar-refractivity contribution in [2.45, 2.75) is 0 Å². The van der Waals surface area contributed by atoms with Gasteiger partial charge in [-0.1, -0.05) is 30.3 Å². The third-order valence-corrected chi connectivity index (χ3v) is 3.02. The molecule has 0 radical (unpaired) electrons. The molecular formula is C16H12FN3O. The number of pyridine rings is 1. The number of ether oxygens (including phenoxy) is 1. The standard InChI is InChI=1S/C16H12FN3O/c17-12-6-2-4-8-14(12)21-16-11(15(18)19)9-10-5-1-3-7-13(10)20-16/h1-9H,(H3,18,19). The highest BCUT2D eigenvalue weighted by molar-refractivity contribution is 6.00. The average molecular weight is 281 g/mol. The summed E-state index contributed by atoms with van der Waals surface area (Å²) in [6.45, 7) is 0. The molecule has 5 heteroatoms. The van der Waals surface area contributed by atoms with Crippen LogP contribution in [0.2, 0.25) is 0 Å². The molecule has 104 valence electrons. The van der Waals surface area contributed by atoms with E-state index in [9.17, 15) is 4.39 Å². The first-order valence-electron chi connectivity index (χ1n) is 6.32. The fraction of sp³-hybridized carbons (Fsp3) is 0. The third kappa shape index (κ3) is 2.53. The lowest BCUT2D eigenvalue weighted by Gasteiger charge is -2.11. The summed E-state index contributed by atoms with van der Waals surface area (Å²) >= 11 is 0. The number of nitrogen functional groups attached to an aromatic ring is 1. The summed E-state index contributed by atoms with van der Waals surface area (Å²) < 4.78 is 19.2. The van der Waals surface area contributed by atoms with E-state index in [1.54, 1.807) is 18.2 Å². The maximum atomic E-state index is 13.7. The highest BCUT2D eigenvalue weighted by atomic mass is 19.1. The molecule has 0 fully saturated rings. The van der Waals surface area contributed by atoms with E-state index in [1.165, 1.54) is 12.1 Å². The number of fused-ring (bicyclic) bond motifs is 1. The van der Waals surface area contributed by atoms with E-state index in [2.05, 4.69) is 4.98 Å². The molecule has 3 aromatic rings. The second kappa shape index (κ2) is 5.20. The molecule has 0 unspecified atom stereocenters. The molecule has 0 aliphatic heterocycles. The number of nitrogens with two attached hydrogens (primary N) is 1. The van der Waals surface area contributed by atoms with Gasteiger partial charge in [-0.05, 0) is 24.3 Å². The highest BCUT2D eigenvalue weighted by Gasteiger charge is 2.13. The van der Waals surface area contributed by atoms with E-state index in [4.69, 9.17) is 15.9 Å². The number of nitrogens with zero attached hydrogens (tertiary/aromatic N) is 1. The van der Waals surface area contributed by atoms with Gasteiger partial charge in [0.15, 0.2) is 11.6 Å². The van der Waals surface area contributed by atoms with Gasteiger partial charge in [0.2, 0.25) is 5.88 Å². The Bertz CT molecular complexity index is 833. The molecule has 0 aliphatic rings. The van der Waals surface area contributed by atoms with Crippen molar-refractivity contribution in [2.75, 3.05) is 0 Å². The molecule has 0 aliphatic carbocycles. The first-order valence-corrected chi connectivity index (χ1v) is 6.32. The van der Waals surface area contributed by atoms with Crippen molar-refractivity contribution in [1.29, 1.82) is 5.41 Å². The molecule has 0 spiro atoms. The fourth-order valence-corrected chi connectivity index (χ4v) is 2.00. The Hall–Kier alpha value is -2.95. The summed E-state index contributed by atoms with van der Waals surface area (Å²) in [7, 11) is 0. The molecule has 1 heterocycles. The van der Waals surface area contributed by atoms with Crippen molar-refractivity contribution in [3.05, 3.63) is 66.0 Å². The normalized spacial score (nSPS) is 10.5. The van der Waals surface area contributed by atoms with Crippen molar-refractivity contribution in [3.8, 4) is 11.6 Å². The Labute approximate surface area is 120 Å². The predicted molar refractivity (Wildman–Crippen MR) is 79.2 cm³/mol. The number of rotatable bonds is 3. The van der Waals surface area contributed by atoms with Gasteiger partial charge in [0, 0.05) is 5.39 Å². The van der Waals surface area contributed by atoms with Crippen molar-refractivity contribution in [3.63, 3.8) is 0 Å². The van der Waals surface area contributed by atoms with Crippen LogP contribution in [0.1, 0.15) is 5.56 Å². The molecule has 0 saturated heterocycles. The zero-order valence-corrected chi connectivity index (χ0v) is 11.0. The Balaban J connectivity index is 2.14. The average Bonchev–Trinajstić information content (AvgIpc) is 2.48. The van der Waals surface area contributed by atoms with Crippen molar-refractivity contribution in [2.24, 2.45) is 5.73 Å². The molecule has 21 heavy (non-hydrogen) atoms. The van der Waals surface area contributed by atoms with E-state index in [0.717, 1.165) is 5.39 Å². The van der Waals surface area contributed by atoms with Crippen LogP contribution in [0.25, 0.3) is 10.9 Å². The molecule has 0 bridgehead atoms. The first kappa shape index (κ1) is 13.1. The van der Waals surface area contributed by atoms with Gasteiger partial charge in [-0.2, -0.15) is 0 Å². The summed E-state index contributed by atoms with van der Waals surface area (Å²) in [4.78, 5) is 4.32. The highest BCUT2D eigenvalue weighted by Crippen LogP contribution is 2.28. The maximum Gasteiger partial charge on any atom is 0.230 e. The fourth-order valence-electron chi connectivity index (χ4n) is 2.00. The Kier molecular flexibility index (Phi) is 3.23. The lowest BCUT2D eigenvalue weighted by atomic mass is 10.1. The van der Waals surface area contributed by atoms with Gasteiger partial charge >= 0.3 is 0 Å². The Morgan fingerprint density at radius 1 is 1.10 bits per heavy atom. The van der Waals surface area contributed by atoms with Crippen LogP contribution >= 0.6 is 0 Å². The minimum absolute atomic E-state index is 0.0442. The number of hydrogen-bond donors (Lipinski definition) is 2. The number of nitrogens with one attached hydrogen (secondary N) is 1. The molecule has 3 rings (SSSR count). The SMILES string of the molecule is N=C(N)c1cc2ccccc2nc1Oc1ccccc1F. The second-order valence-electron chi connectivity index (χ2n) is 4.48. The number of halogens is 1. The van der Waals surface area contributed by atoms with E-state index in [0.29, 0.717) is 11.1 Å². The summed E-state index contributed by atoms with van der Waals surface area (Å²) in [5.74, 6) is -0.518. The molecular weight excluding hydrogens is 269 g/mol. The number of benzene rings is 2. The molecule has 2 aromatic carbocycles. The molecule has 3 N–H and O–H groups in total. The van der Waals surface area contributed by atoms with Gasteiger partial charge in [0.05, 0.1) is 11.1 Å². The Morgan fingerprint density at radius 2 is 1.81 bits per heavy atom. The van der Waals surface area contributed by atoms with Crippen LogP contribution < -0.4 is 10.5 Å². The zero-order valence-electron chi connectivity index (χ0n) is 11.0. The van der Waals surface area contributed by atoms with Crippen LogP contribution in [0.5, 0.6) is 11.6 Å². The van der Waals surface area contributed by atoms with Gasteiger partial charge in [-0.3, -0.25) is 5.41 Å². The van der Waals surface area contributed by atoms with Gasteiger partial charge in [0.25, 0.3) is 0 Å². The number of hydrogen-bond acceptors (Lipinski definition) is 3. The van der Waals surface area contributed by atoms with Crippen LogP contribution in [-0.4, -0.2) is 10.8 Å². The second-order valence-corrected chi connectivity index (χ2v) is 4.48. The lowest BCUT2D eigenvalue weighted by Crippen LogP contribution is -2.13. The van der Waals surface area contributed by atoms with Crippen molar-refractivity contribution >= 4 is 16.7 Å². The minimum atomic E-state index is -0.498. The van der Waals surface area contributed by atoms with Gasteiger partial charge in [0.1, 0.15) is 5.84 Å². The number of aromatic nitrogens is 1. The maximum absolute atomic E-state index is 13.7. The number of para-hydroxylation sites is 2. The predicted octanol–water partition coefficient (Wildman–Crippen LogP) is 3.45. The summed E-state index contributed by atoms with van der Waals surface area (Å²) in [6.07, 6.45) is 0.